The third-order valence-electron chi connectivity index (χ3n) is 13.9. The third kappa shape index (κ3) is 15.9. The number of aliphatic hydroxyl groups excluding tert-OH is 1. The molecule has 6 aromatic rings. The fourth-order valence-electron chi connectivity index (χ4n) is 9.64. The van der Waals surface area contributed by atoms with Crippen LogP contribution >= 0.6 is 22.9 Å². The first-order chi connectivity index (χ1) is 37.6. The minimum Gasteiger partial charge on any atom is -0.491 e. The Bertz CT molecular complexity index is 3050. The van der Waals surface area contributed by atoms with Gasteiger partial charge in [-0.25, -0.2) is 19.3 Å². The molecule has 78 heavy (non-hydrogen) atoms. The minimum atomic E-state index is -0.910. The van der Waals surface area contributed by atoms with Crippen molar-refractivity contribution in [3.63, 3.8) is 0 Å². The van der Waals surface area contributed by atoms with E-state index in [4.69, 9.17) is 16.3 Å². The largest absolute Gasteiger partial charge is 0.491 e. The Kier molecular flexibility index (Phi) is 19.9. The molecule has 0 radical (unpaired) electrons. The number of hydrogen-bond acceptors (Lipinski definition) is 14. The van der Waals surface area contributed by atoms with Gasteiger partial charge in [0.25, 0.3) is 0 Å². The van der Waals surface area contributed by atoms with E-state index in [1.165, 1.54) is 29.8 Å². The number of benzene rings is 3. The third-order valence-corrected chi connectivity index (χ3v) is 15.2. The number of ether oxygens (including phenoxy) is 1. The number of likely N-dealkylation sites (tertiary alicyclic amines) is 2. The average Bonchev–Trinajstić information content (AvgIpc) is 4.23. The second-order valence-corrected chi connectivity index (χ2v) is 22.4. The second-order valence-electron chi connectivity index (χ2n) is 21.1. The Morgan fingerprint density at radius 3 is 2.54 bits per heavy atom. The fourth-order valence-corrected chi connectivity index (χ4v) is 10.6. The number of rotatable bonds is 24. The molecular weight excluding hydrogens is 1040 g/mol. The first kappa shape index (κ1) is 57.3. The summed E-state index contributed by atoms with van der Waals surface area (Å²) in [5.41, 5.74) is 6.49. The molecular formula is C57H70ClFN12O6S. The molecule has 0 unspecified atom stereocenters. The van der Waals surface area contributed by atoms with E-state index >= 15 is 0 Å². The van der Waals surface area contributed by atoms with Crippen molar-refractivity contribution in [1.82, 2.24) is 50.4 Å². The smallest absolute Gasteiger partial charge is 0.248 e. The van der Waals surface area contributed by atoms with E-state index in [9.17, 15) is 28.7 Å². The van der Waals surface area contributed by atoms with Gasteiger partial charge in [-0.3, -0.25) is 28.8 Å². The minimum absolute atomic E-state index is 0.000620. The molecule has 0 spiro atoms. The number of piperidine rings is 1. The molecule has 414 valence electrons. The number of carbonyl (C=O) groups is 4. The van der Waals surface area contributed by atoms with Gasteiger partial charge in [0.2, 0.25) is 23.6 Å². The van der Waals surface area contributed by atoms with Crippen LogP contribution in [0.25, 0.3) is 21.3 Å². The highest BCUT2D eigenvalue weighted by Gasteiger charge is 2.44. The number of nitrogens with one attached hydrogen (secondary N) is 4. The number of aryl methyl sites for hydroxylation is 3. The van der Waals surface area contributed by atoms with Crippen LogP contribution in [0.3, 0.4) is 0 Å². The number of carbonyl (C=O) groups excluding carboxylic acids is 4. The second kappa shape index (κ2) is 27.1. The van der Waals surface area contributed by atoms with Crippen LogP contribution in [-0.4, -0.2) is 119 Å². The molecule has 5 heterocycles. The number of thiazole rings is 1. The highest BCUT2D eigenvalue weighted by atomic mass is 35.5. The first-order valence-corrected chi connectivity index (χ1v) is 28.1. The van der Waals surface area contributed by atoms with Crippen molar-refractivity contribution < 1.29 is 33.4 Å². The summed E-state index contributed by atoms with van der Waals surface area (Å²) in [7, 11) is 0. The monoisotopic (exact) mass is 1100 g/mol. The van der Waals surface area contributed by atoms with Crippen molar-refractivity contribution in [2.24, 2.45) is 5.41 Å². The van der Waals surface area contributed by atoms with E-state index in [-0.39, 0.29) is 48.7 Å². The van der Waals surface area contributed by atoms with Crippen molar-refractivity contribution >= 4 is 74.7 Å². The highest BCUT2D eigenvalue weighted by Crippen LogP contribution is 2.35. The lowest BCUT2D eigenvalue weighted by molar-refractivity contribution is -0.144. The molecule has 21 heteroatoms. The molecule has 0 aliphatic carbocycles. The lowest BCUT2D eigenvalue weighted by Gasteiger charge is -2.35. The van der Waals surface area contributed by atoms with Crippen molar-refractivity contribution in [2.75, 3.05) is 43.4 Å². The number of halogens is 2. The maximum absolute atomic E-state index is 14.1. The number of amides is 4. The molecule has 2 saturated heterocycles. The summed E-state index contributed by atoms with van der Waals surface area (Å²) in [5, 5.41) is 32.0. The summed E-state index contributed by atoms with van der Waals surface area (Å²) in [6, 6.07) is 14.0. The van der Waals surface area contributed by atoms with Gasteiger partial charge in [-0.1, -0.05) is 74.3 Å². The zero-order chi connectivity index (χ0) is 55.2. The number of β-amino-alcohol motifs (C(OH)–C–C–N with tert-alkyl or cyclic N) is 1. The van der Waals surface area contributed by atoms with Crippen LogP contribution in [0.2, 0.25) is 5.02 Å². The Labute approximate surface area is 463 Å². The van der Waals surface area contributed by atoms with E-state index in [1.54, 1.807) is 40.3 Å². The molecule has 2 aliphatic rings. The van der Waals surface area contributed by atoms with Gasteiger partial charge in [0, 0.05) is 68.4 Å². The number of aliphatic hydroxyl groups is 1. The van der Waals surface area contributed by atoms with Gasteiger partial charge >= 0.3 is 0 Å². The Morgan fingerprint density at radius 1 is 0.974 bits per heavy atom. The number of hydrogen-bond donors (Lipinski definition) is 5. The summed E-state index contributed by atoms with van der Waals surface area (Å²) in [6.45, 7) is 11.5. The zero-order valence-corrected chi connectivity index (χ0v) is 46.3. The number of aromatic nitrogens is 6. The van der Waals surface area contributed by atoms with Crippen molar-refractivity contribution in [1.29, 1.82) is 0 Å². The number of nitrogens with zero attached hydrogens (tertiary/aromatic N) is 8. The Hall–Kier alpha value is -6.87. The van der Waals surface area contributed by atoms with E-state index in [0.29, 0.717) is 66.4 Å². The summed E-state index contributed by atoms with van der Waals surface area (Å²) in [6.07, 6.45) is 14.1. The normalized spacial score (nSPS) is 16.4. The Balaban J connectivity index is 0.771. The fraction of sp³-hybridized carbons (Fsp3) is 0.456. The summed E-state index contributed by atoms with van der Waals surface area (Å²) < 4.78 is 22.0. The van der Waals surface area contributed by atoms with Crippen LogP contribution in [0.5, 0.6) is 5.75 Å². The Morgan fingerprint density at radius 2 is 1.78 bits per heavy atom. The summed E-state index contributed by atoms with van der Waals surface area (Å²) in [5.74, 6) is -0.944. The van der Waals surface area contributed by atoms with Gasteiger partial charge in [0.05, 0.1) is 50.7 Å². The number of fused-ring (bicyclic) bond motifs is 1. The quantitative estimate of drug-likeness (QED) is 0.0283. The topological polar surface area (TPSA) is 222 Å². The van der Waals surface area contributed by atoms with Crippen molar-refractivity contribution in [3.8, 4) is 16.2 Å². The van der Waals surface area contributed by atoms with E-state index in [2.05, 4.69) is 51.4 Å². The van der Waals surface area contributed by atoms with Gasteiger partial charge in [0.1, 0.15) is 35.8 Å². The molecule has 0 bridgehead atoms. The average molecular weight is 1110 g/mol. The molecule has 8 rings (SSSR count). The highest BCUT2D eigenvalue weighted by molar-refractivity contribution is 7.13. The zero-order valence-electron chi connectivity index (χ0n) is 44.8. The van der Waals surface area contributed by atoms with Crippen LogP contribution in [0.15, 0.2) is 84.8 Å². The maximum Gasteiger partial charge on any atom is 0.248 e. The lowest BCUT2D eigenvalue weighted by Crippen LogP contribution is -2.57. The van der Waals surface area contributed by atoms with Crippen LogP contribution < -0.4 is 26.0 Å². The van der Waals surface area contributed by atoms with Gasteiger partial charge in [0.15, 0.2) is 0 Å². The molecule has 5 N–H and O–H groups in total. The molecule has 3 atom stereocenters. The van der Waals surface area contributed by atoms with Crippen molar-refractivity contribution in [2.45, 2.75) is 130 Å². The predicted octanol–water partition coefficient (Wildman–Crippen LogP) is 8.94. The summed E-state index contributed by atoms with van der Waals surface area (Å²) >= 11 is 7.62. The molecule has 3 aromatic heterocycles. The van der Waals surface area contributed by atoms with E-state index in [0.717, 1.165) is 79.0 Å². The summed E-state index contributed by atoms with van der Waals surface area (Å²) in [4.78, 5) is 72.3. The van der Waals surface area contributed by atoms with Gasteiger partial charge in [-0.05, 0) is 112 Å². The van der Waals surface area contributed by atoms with Gasteiger partial charge in [-0.15, -0.1) is 16.4 Å². The molecule has 18 nitrogen and oxygen atoms in total. The van der Waals surface area contributed by atoms with Crippen LogP contribution in [0, 0.1) is 18.2 Å². The van der Waals surface area contributed by atoms with Gasteiger partial charge in [-0.2, -0.15) is 0 Å². The van der Waals surface area contributed by atoms with E-state index in [1.807, 2.05) is 69.7 Å². The standard InChI is InChI=1S/C57H70ClFN12O6S/c1-37-52(78-36-63-37)39-19-17-38(18-20-39)32-60-55(75)48-29-42(72)34-71(48)56(76)53(57(2,3)4)66-51(74)15-8-11-26-70-33-41(67-68-70)14-7-5-12-27-77-49-31-46-43(54(62-35-61-46)64-40-21-22-45(59)44(58)28-40)30-47(49)65-50(73)16-13-25-69-23-9-6-10-24-69/h13,16-22,28,30-31,33,35-36,42,48,53,72H,5-12,14-15,23-27,29,32,34H2,1-4H3,(H,60,75)(H,65,73)(H,66,74)(H,61,62,64)/b16-13+/t42-,48+,53-/m1/s1. The molecule has 2 fully saturated rings. The maximum atomic E-state index is 14.1. The van der Waals surface area contributed by atoms with Crippen LogP contribution in [0.4, 0.5) is 21.6 Å². The molecule has 2 aliphatic heterocycles. The number of unbranched alkanes of at least 4 members (excludes halogenated alkanes) is 3. The molecule has 4 amide bonds. The molecule has 0 saturated carbocycles. The van der Waals surface area contributed by atoms with Gasteiger partial charge < -0.3 is 36.0 Å². The SMILES string of the molecule is Cc1ncsc1-c1ccc(CNC(=O)[C@@H]2C[C@@H](O)CN2C(=O)[C@@H](NC(=O)CCCCn2cc(CCCCCOc3cc4ncnc(Nc5ccc(F)c(Cl)c5)c4cc3NC(=O)/C=C/CN3CCCCC3)nn2)C(C)(C)C)cc1. The van der Waals surface area contributed by atoms with Crippen LogP contribution in [0.1, 0.15) is 102 Å². The van der Waals surface area contributed by atoms with Crippen molar-refractivity contribution in [3.05, 3.63) is 113 Å². The first-order valence-electron chi connectivity index (χ1n) is 26.9. The molecule has 3 aromatic carbocycles. The number of anilines is 3. The lowest BCUT2D eigenvalue weighted by atomic mass is 9.85. The van der Waals surface area contributed by atoms with E-state index < -0.39 is 35.3 Å². The predicted molar refractivity (Wildman–Crippen MR) is 301 cm³/mol. The van der Waals surface area contributed by atoms with Crippen LogP contribution in [-0.2, 0) is 38.7 Å².